The number of aromatic nitrogens is 2. The molecule has 0 unspecified atom stereocenters. The van der Waals surface area contributed by atoms with Crippen LogP contribution in [0.15, 0.2) is 48.5 Å². The van der Waals surface area contributed by atoms with E-state index in [1.165, 1.54) is 0 Å². The van der Waals surface area contributed by atoms with Gasteiger partial charge in [0.1, 0.15) is 18.2 Å². The number of carbonyl (C=O) groups is 2. The van der Waals surface area contributed by atoms with Gasteiger partial charge in [0, 0.05) is 26.4 Å². The average Bonchev–Trinajstić information content (AvgIpc) is 3.13. The van der Waals surface area contributed by atoms with E-state index in [-0.39, 0.29) is 24.7 Å². The molecule has 2 aromatic carbocycles. The minimum atomic E-state index is -0.0698. The molecule has 1 aromatic heterocycles. The van der Waals surface area contributed by atoms with Crippen LogP contribution in [0.4, 0.5) is 5.69 Å². The first-order chi connectivity index (χ1) is 14.6. The Labute approximate surface area is 175 Å². The van der Waals surface area contributed by atoms with Crippen molar-refractivity contribution < 1.29 is 14.3 Å². The molecule has 30 heavy (non-hydrogen) atoms. The molecule has 0 saturated heterocycles. The first-order valence-electron chi connectivity index (χ1n) is 10.3. The minimum absolute atomic E-state index is 0.0618. The van der Waals surface area contributed by atoms with Gasteiger partial charge in [0.2, 0.25) is 11.8 Å². The predicted octanol–water partition coefficient (Wildman–Crippen LogP) is 3.22. The molecule has 0 saturated carbocycles. The Bertz CT molecular complexity index is 1080. The highest BCUT2D eigenvalue weighted by atomic mass is 16.5. The molecular weight excluding hydrogens is 380 g/mol. The summed E-state index contributed by atoms with van der Waals surface area (Å²) in [7, 11) is 1.76. The Balaban J connectivity index is 1.38. The number of aryl methyl sites for hydroxylation is 1. The number of hydrogen-bond acceptors (Lipinski definition) is 4. The molecule has 0 N–H and O–H groups in total. The molecule has 0 atom stereocenters. The van der Waals surface area contributed by atoms with Gasteiger partial charge in [-0.2, -0.15) is 0 Å². The van der Waals surface area contributed by atoms with Gasteiger partial charge in [-0.15, -0.1) is 0 Å². The molecule has 0 spiro atoms. The van der Waals surface area contributed by atoms with Crippen LogP contribution in [0.1, 0.15) is 25.6 Å². The Morgan fingerprint density at radius 1 is 1.10 bits per heavy atom. The van der Waals surface area contributed by atoms with Crippen LogP contribution in [0.5, 0.6) is 5.75 Å². The van der Waals surface area contributed by atoms with Gasteiger partial charge in [-0.1, -0.05) is 24.3 Å². The molecule has 0 fully saturated rings. The third-order valence-electron chi connectivity index (χ3n) is 5.44. The van der Waals surface area contributed by atoms with E-state index in [1.54, 1.807) is 16.8 Å². The van der Waals surface area contributed by atoms with Gasteiger partial charge in [-0.25, -0.2) is 4.98 Å². The maximum atomic E-state index is 12.7. The molecule has 0 radical (unpaired) electrons. The molecular formula is C23H26N4O3. The number of anilines is 1. The summed E-state index contributed by atoms with van der Waals surface area (Å²) < 4.78 is 7.72. The molecule has 156 valence electrons. The van der Waals surface area contributed by atoms with Gasteiger partial charge in [-0.3, -0.25) is 9.59 Å². The average molecular weight is 406 g/mol. The summed E-state index contributed by atoms with van der Waals surface area (Å²) in [6, 6.07) is 15.5. The van der Waals surface area contributed by atoms with Crippen LogP contribution in [-0.4, -0.2) is 46.5 Å². The van der Waals surface area contributed by atoms with E-state index in [9.17, 15) is 9.59 Å². The number of rotatable bonds is 6. The van der Waals surface area contributed by atoms with Crippen LogP contribution in [-0.2, 0) is 22.7 Å². The summed E-state index contributed by atoms with van der Waals surface area (Å²) >= 11 is 0. The van der Waals surface area contributed by atoms with E-state index >= 15 is 0 Å². The largest absolute Gasteiger partial charge is 0.490 e. The number of ether oxygens (including phenoxy) is 1. The van der Waals surface area contributed by atoms with Crippen molar-refractivity contribution >= 4 is 28.5 Å². The monoisotopic (exact) mass is 406 g/mol. The van der Waals surface area contributed by atoms with E-state index < -0.39 is 0 Å². The number of hydrogen-bond donors (Lipinski definition) is 0. The van der Waals surface area contributed by atoms with Crippen LogP contribution < -0.4 is 9.64 Å². The Morgan fingerprint density at radius 2 is 1.87 bits per heavy atom. The zero-order valence-corrected chi connectivity index (χ0v) is 17.4. The van der Waals surface area contributed by atoms with Crippen molar-refractivity contribution in [3.8, 4) is 5.75 Å². The smallest absolute Gasteiger partial charge is 0.227 e. The van der Waals surface area contributed by atoms with Gasteiger partial charge in [0.05, 0.1) is 29.8 Å². The lowest BCUT2D eigenvalue weighted by Gasteiger charge is -2.29. The van der Waals surface area contributed by atoms with Gasteiger partial charge in [0.15, 0.2) is 0 Å². The fraction of sp³-hybridized carbons (Fsp3) is 0.348. The van der Waals surface area contributed by atoms with E-state index in [0.717, 1.165) is 29.1 Å². The first kappa shape index (κ1) is 19.9. The second-order valence-corrected chi connectivity index (χ2v) is 7.37. The Kier molecular flexibility index (Phi) is 5.70. The highest BCUT2D eigenvalue weighted by Crippen LogP contribution is 2.31. The number of fused-ring (bicyclic) bond motifs is 2. The lowest BCUT2D eigenvalue weighted by Crippen LogP contribution is -2.38. The fourth-order valence-corrected chi connectivity index (χ4v) is 3.87. The number of para-hydroxylation sites is 4. The van der Waals surface area contributed by atoms with Crippen LogP contribution in [0.3, 0.4) is 0 Å². The van der Waals surface area contributed by atoms with Crippen LogP contribution >= 0.6 is 0 Å². The van der Waals surface area contributed by atoms with Crippen LogP contribution in [0, 0.1) is 0 Å². The standard InChI is InChI=1S/C23H26N4O3/c1-3-26-18-9-5-4-8-17(18)24-21(26)16-25(2)22(28)12-13-23(29)27-14-15-30-20-11-7-6-10-19(20)27/h4-11H,3,12-16H2,1-2H3. The SMILES string of the molecule is CCn1c(CN(C)C(=O)CCC(=O)N2CCOc3ccccc32)nc2ccccc21. The summed E-state index contributed by atoms with van der Waals surface area (Å²) in [6.45, 7) is 4.23. The van der Waals surface area contributed by atoms with Crippen molar-refractivity contribution in [1.29, 1.82) is 0 Å². The third-order valence-corrected chi connectivity index (χ3v) is 5.44. The highest BCUT2D eigenvalue weighted by molar-refractivity contribution is 5.97. The predicted molar refractivity (Wildman–Crippen MR) is 115 cm³/mol. The van der Waals surface area contributed by atoms with Gasteiger partial charge in [0.25, 0.3) is 0 Å². The van der Waals surface area contributed by atoms with E-state index in [1.807, 2.05) is 48.5 Å². The number of benzene rings is 2. The lowest BCUT2D eigenvalue weighted by atomic mass is 10.2. The summed E-state index contributed by atoms with van der Waals surface area (Å²) in [4.78, 5) is 33.5. The summed E-state index contributed by atoms with van der Waals surface area (Å²) in [5.74, 6) is 1.43. The molecule has 7 heteroatoms. The summed E-state index contributed by atoms with van der Waals surface area (Å²) in [5, 5.41) is 0. The maximum Gasteiger partial charge on any atom is 0.227 e. The summed E-state index contributed by atoms with van der Waals surface area (Å²) in [5.41, 5.74) is 2.76. The van der Waals surface area contributed by atoms with E-state index in [0.29, 0.717) is 25.4 Å². The van der Waals surface area contributed by atoms with Crippen molar-refractivity contribution in [3.63, 3.8) is 0 Å². The van der Waals surface area contributed by atoms with Crippen molar-refractivity contribution in [2.24, 2.45) is 0 Å². The lowest BCUT2D eigenvalue weighted by molar-refractivity contribution is -0.132. The Hall–Kier alpha value is -3.35. The zero-order valence-electron chi connectivity index (χ0n) is 17.4. The zero-order chi connectivity index (χ0) is 21.1. The van der Waals surface area contributed by atoms with Crippen LogP contribution in [0.2, 0.25) is 0 Å². The molecule has 3 aromatic rings. The number of imidazole rings is 1. The fourth-order valence-electron chi connectivity index (χ4n) is 3.87. The second-order valence-electron chi connectivity index (χ2n) is 7.37. The van der Waals surface area contributed by atoms with Crippen molar-refractivity contribution in [1.82, 2.24) is 14.5 Å². The maximum absolute atomic E-state index is 12.7. The third kappa shape index (κ3) is 3.87. The van der Waals surface area contributed by atoms with Crippen molar-refractivity contribution in [2.75, 3.05) is 25.1 Å². The molecule has 0 bridgehead atoms. The summed E-state index contributed by atoms with van der Waals surface area (Å²) in [6.07, 6.45) is 0.336. The first-order valence-corrected chi connectivity index (χ1v) is 10.3. The van der Waals surface area contributed by atoms with Crippen LogP contribution in [0.25, 0.3) is 11.0 Å². The number of amides is 2. The number of carbonyl (C=O) groups excluding carboxylic acids is 2. The molecule has 2 heterocycles. The minimum Gasteiger partial charge on any atom is -0.490 e. The quantitative estimate of drug-likeness (QED) is 0.630. The van der Waals surface area contributed by atoms with E-state index in [2.05, 4.69) is 16.5 Å². The number of nitrogens with zero attached hydrogens (tertiary/aromatic N) is 4. The van der Waals surface area contributed by atoms with Crippen molar-refractivity contribution in [2.45, 2.75) is 32.9 Å². The molecule has 1 aliphatic heterocycles. The second kappa shape index (κ2) is 8.57. The van der Waals surface area contributed by atoms with Gasteiger partial charge >= 0.3 is 0 Å². The van der Waals surface area contributed by atoms with Gasteiger partial charge in [-0.05, 0) is 31.2 Å². The molecule has 2 amide bonds. The van der Waals surface area contributed by atoms with Gasteiger partial charge < -0.3 is 19.1 Å². The molecule has 4 rings (SSSR count). The molecule has 7 nitrogen and oxygen atoms in total. The van der Waals surface area contributed by atoms with E-state index in [4.69, 9.17) is 4.74 Å². The Morgan fingerprint density at radius 3 is 2.70 bits per heavy atom. The topological polar surface area (TPSA) is 67.7 Å². The molecule has 1 aliphatic rings. The van der Waals surface area contributed by atoms with Crippen molar-refractivity contribution in [3.05, 3.63) is 54.4 Å². The normalized spacial score (nSPS) is 13.1. The molecule has 0 aliphatic carbocycles. The highest BCUT2D eigenvalue weighted by Gasteiger charge is 2.24.